The van der Waals surface area contributed by atoms with Crippen LogP contribution in [0.5, 0.6) is 0 Å². The van der Waals surface area contributed by atoms with Gasteiger partial charge in [0, 0.05) is 37.6 Å². The number of aromatic nitrogens is 1. The Morgan fingerprint density at radius 1 is 1.28 bits per heavy atom. The summed E-state index contributed by atoms with van der Waals surface area (Å²) in [7, 11) is 0. The summed E-state index contributed by atoms with van der Waals surface area (Å²) in [6, 6.07) is 8.98. The number of hydrogen-bond acceptors (Lipinski definition) is 3. The first-order valence-corrected chi connectivity index (χ1v) is 8.73. The number of hydrogen-bond donors (Lipinski definition) is 1. The van der Waals surface area contributed by atoms with Crippen LogP contribution in [0.2, 0.25) is 0 Å². The maximum absolute atomic E-state index is 14.6. The maximum Gasteiger partial charge on any atom is 0.311 e. The molecule has 1 aliphatic heterocycles. The van der Waals surface area contributed by atoms with Gasteiger partial charge in [-0.2, -0.15) is 0 Å². The highest BCUT2D eigenvalue weighted by Gasteiger charge is 2.54. The second-order valence-corrected chi connectivity index (χ2v) is 7.26. The number of carboxylic acids is 1. The van der Waals surface area contributed by atoms with E-state index in [1.165, 1.54) is 0 Å². The van der Waals surface area contributed by atoms with Crippen LogP contribution in [0.3, 0.4) is 0 Å². The van der Waals surface area contributed by atoms with Gasteiger partial charge in [-0.3, -0.25) is 14.7 Å². The molecule has 1 saturated carbocycles. The van der Waals surface area contributed by atoms with Gasteiger partial charge in [-0.1, -0.05) is 18.6 Å². The average molecular weight is 340 g/mol. The van der Waals surface area contributed by atoms with Crippen molar-refractivity contribution >= 4 is 5.97 Å². The van der Waals surface area contributed by atoms with E-state index >= 15 is 0 Å². The summed E-state index contributed by atoms with van der Waals surface area (Å²) >= 11 is 0. The van der Waals surface area contributed by atoms with Crippen LogP contribution in [-0.4, -0.2) is 34.0 Å². The second-order valence-electron chi connectivity index (χ2n) is 7.26. The third-order valence-corrected chi connectivity index (χ3v) is 5.83. The lowest BCUT2D eigenvalue weighted by molar-refractivity contribution is -0.149. The number of likely N-dealkylation sites (tertiary alicyclic amines) is 1. The molecule has 1 aliphatic carbocycles. The van der Waals surface area contributed by atoms with E-state index in [0.29, 0.717) is 18.7 Å². The third kappa shape index (κ3) is 2.82. The highest BCUT2D eigenvalue weighted by atomic mass is 19.1. The monoisotopic (exact) mass is 340 g/mol. The van der Waals surface area contributed by atoms with E-state index in [1.807, 2.05) is 24.3 Å². The Bertz CT molecular complexity index is 796. The predicted octanol–water partition coefficient (Wildman–Crippen LogP) is 3.57. The van der Waals surface area contributed by atoms with Crippen LogP contribution in [-0.2, 0) is 11.3 Å². The normalized spacial score (nSPS) is 25.9. The Kier molecular flexibility index (Phi) is 4.04. The van der Waals surface area contributed by atoms with Crippen LogP contribution >= 0.6 is 0 Å². The third-order valence-electron chi connectivity index (χ3n) is 5.83. The summed E-state index contributed by atoms with van der Waals surface area (Å²) in [4.78, 5) is 17.8. The number of nitrogens with zero attached hydrogens (tertiary/aromatic N) is 2. The van der Waals surface area contributed by atoms with Crippen molar-refractivity contribution < 1.29 is 14.3 Å². The lowest BCUT2D eigenvalue weighted by atomic mass is 9.81. The van der Waals surface area contributed by atoms with E-state index in [0.717, 1.165) is 36.9 Å². The fourth-order valence-corrected chi connectivity index (χ4v) is 4.50. The highest BCUT2D eigenvalue weighted by Crippen LogP contribution is 2.49. The van der Waals surface area contributed by atoms with Gasteiger partial charge in [-0.15, -0.1) is 0 Å². The first-order chi connectivity index (χ1) is 12.1. The molecule has 2 atom stereocenters. The first kappa shape index (κ1) is 16.2. The van der Waals surface area contributed by atoms with E-state index in [9.17, 15) is 14.3 Å². The number of aliphatic carboxylic acids is 1. The van der Waals surface area contributed by atoms with Gasteiger partial charge >= 0.3 is 5.97 Å². The lowest BCUT2D eigenvalue weighted by Gasteiger charge is -2.23. The topological polar surface area (TPSA) is 53.4 Å². The number of pyridine rings is 1. The van der Waals surface area contributed by atoms with Gasteiger partial charge < -0.3 is 5.11 Å². The van der Waals surface area contributed by atoms with Gasteiger partial charge in [-0.25, -0.2) is 4.39 Å². The fraction of sp³-hybridized carbons (Fsp3) is 0.400. The molecule has 4 rings (SSSR count). The zero-order valence-corrected chi connectivity index (χ0v) is 14.0. The van der Waals surface area contributed by atoms with Gasteiger partial charge in [0.15, 0.2) is 0 Å². The van der Waals surface area contributed by atoms with Crippen molar-refractivity contribution in [2.45, 2.75) is 25.8 Å². The summed E-state index contributed by atoms with van der Waals surface area (Å²) in [5, 5.41) is 9.67. The molecule has 0 spiro atoms. The van der Waals surface area contributed by atoms with Crippen LogP contribution in [0.4, 0.5) is 4.39 Å². The highest BCUT2D eigenvalue weighted by molar-refractivity contribution is 5.76. The van der Waals surface area contributed by atoms with E-state index in [4.69, 9.17) is 0 Å². The minimum absolute atomic E-state index is 0.198. The first-order valence-electron chi connectivity index (χ1n) is 8.73. The average Bonchev–Trinajstić information content (AvgIpc) is 3.15. The van der Waals surface area contributed by atoms with E-state index in [-0.39, 0.29) is 11.7 Å². The molecule has 1 saturated heterocycles. The number of carbonyl (C=O) groups is 1. The Labute approximate surface area is 146 Å². The maximum atomic E-state index is 14.6. The van der Waals surface area contributed by atoms with Crippen molar-refractivity contribution in [1.82, 2.24) is 9.88 Å². The second kappa shape index (κ2) is 6.23. The molecular weight excluding hydrogens is 319 g/mol. The molecule has 2 heterocycles. The smallest absolute Gasteiger partial charge is 0.311 e. The number of rotatable bonds is 4. The molecule has 1 N–H and O–H groups in total. The molecule has 2 aliphatic rings. The molecule has 4 nitrogen and oxygen atoms in total. The molecular formula is C20H21FN2O2. The van der Waals surface area contributed by atoms with Crippen LogP contribution in [0.1, 0.15) is 24.8 Å². The number of carboxylic acid groups (broad SMARTS) is 1. The quantitative estimate of drug-likeness (QED) is 0.924. The standard InChI is InChI=1S/C20H21FN2O2/c21-18-10-15(14-5-8-22-9-6-14)3-4-16(18)11-23-12-17-2-1-7-20(17,13-23)19(24)25/h3-6,8-10,17H,1-2,7,11-13H2,(H,24,25)/t17-,20+/m0/s1. The van der Waals surface area contributed by atoms with Crippen molar-refractivity contribution in [2.75, 3.05) is 13.1 Å². The van der Waals surface area contributed by atoms with E-state index < -0.39 is 11.4 Å². The summed E-state index contributed by atoms with van der Waals surface area (Å²) in [6.45, 7) is 1.74. The van der Waals surface area contributed by atoms with Crippen LogP contribution in [0.25, 0.3) is 11.1 Å². The number of halogens is 1. The minimum atomic E-state index is -0.689. The van der Waals surface area contributed by atoms with Gasteiger partial charge in [-0.05, 0) is 48.1 Å². The SMILES string of the molecule is O=C(O)[C@@]12CCC[C@H]1CN(Cc1ccc(-c3ccncc3)cc1F)C2. The van der Waals surface area contributed by atoms with Gasteiger partial charge in [0.1, 0.15) is 5.82 Å². The molecule has 0 unspecified atom stereocenters. The Morgan fingerprint density at radius 3 is 2.76 bits per heavy atom. The van der Waals surface area contributed by atoms with Gasteiger partial charge in [0.2, 0.25) is 0 Å². The van der Waals surface area contributed by atoms with E-state index in [2.05, 4.69) is 9.88 Å². The molecule has 1 aromatic carbocycles. The summed E-state index contributed by atoms with van der Waals surface area (Å²) in [5.41, 5.74) is 1.76. The molecule has 0 bridgehead atoms. The Hall–Kier alpha value is -2.27. The predicted molar refractivity (Wildman–Crippen MR) is 92.3 cm³/mol. The van der Waals surface area contributed by atoms with Crippen LogP contribution in [0, 0.1) is 17.2 Å². The van der Waals surface area contributed by atoms with Crippen molar-refractivity contribution in [3.63, 3.8) is 0 Å². The largest absolute Gasteiger partial charge is 0.481 e. The molecule has 25 heavy (non-hydrogen) atoms. The molecule has 130 valence electrons. The minimum Gasteiger partial charge on any atom is -0.481 e. The molecule has 2 fully saturated rings. The summed E-state index contributed by atoms with van der Waals surface area (Å²) < 4.78 is 14.6. The van der Waals surface area contributed by atoms with Crippen molar-refractivity contribution in [3.8, 4) is 11.1 Å². The zero-order valence-electron chi connectivity index (χ0n) is 14.0. The van der Waals surface area contributed by atoms with Crippen molar-refractivity contribution in [1.29, 1.82) is 0 Å². The van der Waals surface area contributed by atoms with Gasteiger partial charge in [0.25, 0.3) is 0 Å². The Balaban J connectivity index is 1.52. The molecule has 2 aromatic rings. The zero-order chi connectivity index (χ0) is 17.4. The molecule has 0 radical (unpaired) electrons. The fourth-order valence-electron chi connectivity index (χ4n) is 4.50. The summed E-state index contributed by atoms with van der Waals surface area (Å²) in [6.07, 6.45) is 6.07. The van der Waals surface area contributed by atoms with Crippen LogP contribution in [0.15, 0.2) is 42.7 Å². The number of benzene rings is 1. The Morgan fingerprint density at radius 2 is 2.08 bits per heavy atom. The van der Waals surface area contributed by atoms with Gasteiger partial charge in [0.05, 0.1) is 5.41 Å². The lowest BCUT2D eigenvalue weighted by Crippen LogP contribution is -2.35. The van der Waals surface area contributed by atoms with Crippen molar-refractivity contribution in [2.24, 2.45) is 11.3 Å². The van der Waals surface area contributed by atoms with Crippen LogP contribution < -0.4 is 0 Å². The molecule has 1 aromatic heterocycles. The van der Waals surface area contributed by atoms with E-state index in [1.54, 1.807) is 18.5 Å². The van der Waals surface area contributed by atoms with Crippen molar-refractivity contribution in [3.05, 3.63) is 54.1 Å². The molecule has 5 heteroatoms. The molecule has 0 amide bonds. The number of fused-ring (bicyclic) bond motifs is 1. The summed E-state index contributed by atoms with van der Waals surface area (Å²) in [5.74, 6) is -0.731.